The third-order valence-electron chi connectivity index (χ3n) is 3.50. The number of hydrogen-bond acceptors (Lipinski definition) is 5. The van der Waals surface area contributed by atoms with Crippen LogP contribution in [0.3, 0.4) is 0 Å². The minimum absolute atomic E-state index is 0.0741. The summed E-state index contributed by atoms with van der Waals surface area (Å²) < 4.78 is 0.745. The van der Waals surface area contributed by atoms with E-state index < -0.39 is 0 Å². The second-order valence-electron chi connectivity index (χ2n) is 5.18. The van der Waals surface area contributed by atoms with Crippen LogP contribution in [0.15, 0.2) is 42.0 Å². The van der Waals surface area contributed by atoms with Gasteiger partial charge in [0.15, 0.2) is 0 Å². The van der Waals surface area contributed by atoms with E-state index >= 15 is 0 Å². The van der Waals surface area contributed by atoms with E-state index in [-0.39, 0.29) is 5.91 Å². The van der Waals surface area contributed by atoms with Crippen molar-refractivity contribution in [3.8, 4) is 10.6 Å². The Morgan fingerprint density at radius 1 is 1.33 bits per heavy atom. The molecule has 0 saturated carbocycles. The third-order valence-corrected chi connectivity index (χ3v) is 5.66. The molecule has 0 aliphatic carbocycles. The highest BCUT2D eigenvalue weighted by atomic mass is 35.5. The van der Waals surface area contributed by atoms with Gasteiger partial charge in [-0.15, -0.1) is 22.7 Å². The van der Waals surface area contributed by atoms with Crippen molar-refractivity contribution in [1.29, 1.82) is 0 Å². The standard InChI is InChI=1S/C17H16ClN3OS2/c1-2-21(10-14-5-6-15(18)24-14)16(22)8-13-11-23-17(20-13)12-4-3-7-19-9-12/h3-7,9,11H,2,8,10H2,1H3. The molecule has 24 heavy (non-hydrogen) atoms. The summed E-state index contributed by atoms with van der Waals surface area (Å²) in [6.07, 6.45) is 3.82. The number of nitrogens with zero attached hydrogens (tertiary/aromatic N) is 3. The molecule has 4 nitrogen and oxygen atoms in total. The zero-order chi connectivity index (χ0) is 16.9. The van der Waals surface area contributed by atoms with Gasteiger partial charge in [0.25, 0.3) is 0 Å². The molecule has 3 aromatic rings. The van der Waals surface area contributed by atoms with Gasteiger partial charge in [-0.05, 0) is 31.2 Å². The van der Waals surface area contributed by atoms with Crippen molar-refractivity contribution in [1.82, 2.24) is 14.9 Å². The molecule has 124 valence electrons. The molecule has 0 atom stereocenters. The Morgan fingerprint density at radius 2 is 2.21 bits per heavy atom. The number of carbonyl (C=O) groups excluding carboxylic acids is 1. The van der Waals surface area contributed by atoms with Gasteiger partial charge in [0.2, 0.25) is 5.91 Å². The lowest BCUT2D eigenvalue weighted by molar-refractivity contribution is -0.130. The summed E-state index contributed by atoms with van der Waals surface area (Å²) in [6, 6.07) is 7.68. The first-order valence-corrected chi connectivity index (χ1v) is 9.60. The van der Waals surface area contributed by atoms with Gasteiger partial charge >= 0.3 is 0 Å². The highest BCUT2D eigenvalue weighted by Crippen LogP contribution is 2.24. The molecule has 0 aliphatic heterocycles. The molecule has 0 aliphatic rings. The van der Waals surface area contributed by atoms with Crippen molar-refractivity contribution < 1.29 is 4.79 Å². The van der Waals surface area contributed by atoms with E-state index in [0.29, 0.717) is 19.5 Å². The van der Waals surface area contributed by atoms with Crippen LogP contribution in [0.25, 0.3) is 10.6 Å². The van der Waals surface area contributed by atoms with Gasteiger partial charge in [-0.1, -0.05) is 11.6 Å². The zero-order valence-electron chi connectivity index (χ0n) is 13.1. The molecule has 0 aromatic carbocycles. The predicted molar refractivity (Wildman–Crippen MR) is 99.5 cm³/mol. The maximum atomic E-state index is 12.6. The smallest absolute Gasteiger partial charge is 0.228 e. The summed E-state index contributed by atoms with van der Waals surface area (Å²) in [7, 11) is 0. The number of amides is 1. The van der Waals surface area contributed by atoms with E-state index in [0.717, 1.165) is 25.5 Å². The number of rotatable bonds is 6. The molecule has 3 heterocycles. The number of likely N-dealkylation sites (N-methyl/N-ethyl adjacent to an activating group) is 1. The highest BCUT2D eigenvalue weighted by molar-refractivity contribution is 7.16. The van der Waals surface area contributed by atoms with Crippen LogP contribution in [-0.4, -0.2) is 27.3 Å². The molecule has 0 fully saturated rings. The summed E-state index contributed by atoms with van der Waals surface area (Å²) in [5, 5.41) is 2.83. The van der Waals surface area contributed by atoms with Crippen molar-refractivity contribution in [2.24, 2.45) is 0 Å². The second-order valence-corrected chi connectivity index (χ2v) is 7.83. The summed E-state index contributed by atoms with van der Waals surface area (Å²) >= 11 is 9.00. The molecule has 0 N–H and O–H groups in total. The fourth-order valence-corrected chi connectivity index (χ4v) is 4.19. The maximum Gasteiger partial charge on any atom is 0.228 e. The number of carbonyl (C=O) groups is 1. The van der Waals surface area contributed by atoms with E-state index in [2.05, 4.69) is 9.97 Å². The predicted octanol–water partition coefficient (Wildman–Crippen LogP) is 4.51. The number of thiazole rings is 1. The molecular weight excluding hydrogens is 362 g/mol. The van der Waals surface area contributed by atoms with Crippen molar-refractivity contribution in [2.75, 3.05) is 6.54 Å². The third kappa shape index (κ3) is 4.20. The van der Waals surface area contributed by atoms with Gasteiger partial charge in [-0.2, -0.15) is 0 Å². The number of hydrogen-bond donors (Lipinski definition) is 0. The van der Waals surface area contributed by atoms with Gasteiger partial charge in [-0.25, -0.2) is 4.98 Å². The highest BCUT2D eigenvalue weighted by Gasteiger charge is 2.16. The largest absolute Gasteiger partial charge is 0.337 e. The van der Waals surface area contributed by atoms with Crippen LogP contribution in [0.5, 0.6) is 0 Å². The van der Waals surface area contributed by atoms with Gasteiger partial charge in [0.05, 0.1) is 23.0 Å². The molecule has 0 bridgehead atoms. The fourth-order valence-electron chi connectivity index (χ4n) is 2.28. The number of pyridine rings is 1. The van der Waals surface area contributed by atoms with Crippen LogP contribution < -0.4 is 0 Å². The Bertz CT molecular complexity index is 816. The topological polar surface area (TPSA) is 46.1 Å². The van der Waals surface area contributed by atoms with Crippen LogP contribution in [0.1, 0.15) is 17.5 Å². The lowest BCUT2D eigenvalue weighted by Gasteiger charge is -2.19. The minimum Gasteiger partial charge on any atom is -0.337 e. The van der Waals surface area contributed by atoms with Crippen LogP contribution in [-0.2, 0) is 17.8 Å². The Morgan fingerprint density at radius 3 is 2.88 bits per heavy atom. The van der Waals surface area contributed by atoms with Crippen molar-refractivity contribution in [3.05, 3.63) is 56.9 Å². The fraction of sp³-hybridized carbons (Fsp3) is 0.235. The van der Waals surface area contributed by atoms with Gasteiger partial charge in [-0.3, -0.25) is 9.78 Å². The molecule has 1 amide bonds. The number of thiophene rings is 1. The molecule has 0 radical (unpaired) electrons. The summed E-state index contributed by atoms with van der Waals surface area (Å²) in [6.45, 7) is 3.23. The molecule has 3 rings (SSSR count). The van der Waals surface area contributed by atoms with Crippen LogP contribution in [0.2, 0.25) is 4.34 Å². The molecular formula is C17H16ClN3OS2. The van der Waals surface area contributed by atoms with Crippen molar-refractivity contribution >= 4 is 40.2 Å². The van der Waals surface area contributed by atoms with E-state index in [1.807, 2.05) is 41.5 Å². The van der Waals surface area contributed by atoms with Crippen LogP contribution in [0, 0.1) is 0 Å². The van der Waals surface area contributed by atoms with Crippen molar-refractivity contribution in [3.63, 3.8) is 0 Å². The van der Waals surface area contributed by atoms with E-state index in [9.17, 15) is 4.79 Å². The summed E-state index contributed by atoms with van der Waals surface area (Å²) in [5.74, 6) is 0.0741. The van der Waals surface area contributed by atoms with Gasteiger partial charge < -0.3 is 4.90 Å². The van der Waals surface area contributed by atoms with Gasteiger partial charge in [0.1, 0.15) is 5.01 Å². The average molecular weight is 378 g/mol. The number of halogens is 1. The van der Waals surface area contributed by atoms with Crippen molar-refractivity contribution in [2.45, 2.75) is 19.9 Å². The Hall–Kier alpha value is -1.76. The van der Waals surface area contributed by atoms with Crippen LogP contribution in [0.4, 0.5) is 0 Å². The van der Waals surface area contributed by atoms with Crippen LogP contribution >= 0.6 is 34.3 Å². The maximum absolute atomic E-state index is 12.6. The normalized spacial score (nSPS) is 10.8. The number of aromatic nitrogens is 2. The second kappa shape index (κ2) is 7.88. The lowest BCUT2D eigenvalue weighted by Crippen LogP contribution is -2.31. The Kier molecular flexibility index (Phi) is 5.60. The zero-order valence-corrected chi connectivity index (χ0v) is 15.5. The molecule has 0 saturated heterocycles. The molecule has 3 aromatic heterocycles. The minimum atomic E-state index is 0.0741. The summed E-state index contributed by atoms with van der Waals surface area (Å²) in [4.78, 5) is 24.1. The molecule has 0 spiro atoms. The van der Waals surface area contributed by atoms with E-state index in [4.69, 9.17) is 11.6 Å². The van der Waals surface area contributed by atoms with Gasteiger partial charge in [0, 0.05) is 34.8 Å². The molecule has 7 heteroatoms. The Balaban J connectivity index is 1.66. The van der Waals surface area contributed by atoms with E-state index in [1.54, 1.807) is 12.4 Å². The quantitative estimate of drug-likeness (QED) is 0.634. The first-order chi connectivity index (χ1) is 11.7. The Labute approximate surface area is 153 Å². The first-order valence-electron chi connectivity index (χ1n) is 7.52. The first kappa shape index (κ1) is 17.1. The molecule has 0 unspecified atom stereocenters. The average Bonchev–Trinajstić information content (AvgIpc) is 3.22. The SMILES string of the molecule is CCN(Cc1ccc(Cl)s1)C(=O)Cc1csc(-c2cccnc2)n1. The summed E-state index contributed by atoms with van der Waals surface area (Å²) in [5.41, 5.74) is 1.77. The monoisotopic (exact) mass is 377 g/mol. The van der Waals surface area contributed by atoms with E-state index in [1.165, 1.54) is 22.7 Å². The lowest BCUT2D eigenvalue weighted by atomic mass is 10.2.